The van der Waals surface area contributed by atoms with Gasteiger partial charge in [0.2, 0.25) is 10.0 Å². The number of guanidine groups is 1. The Balaban J connectivity index is 2.75. The van der Waals surface area contributed by atoms with Crippen molar-refractivity contribution in [1.82, 2.24) is 9.62 Å². The SMILES string of the molecule is CCNC(=NCCCN(CC)S(C)(=O)=O)Nc1ccc(OC)c(OCC)c1. The molecule has 2 N–H and O–H groups in total. The van der Waals surface area contributed by atoms with Gasteiger partial charge in [0, 0.05) is 37.9 Å². The molecule has 0 heterocycles. The molecule has 0 aliphatic carbocycles. The highest BCUT2D eigenvalue weighted by molar-refractivity contribution is 7.88. The topological polar surface area (TPSA) is 92.3 Å². The summed E-state index contributed by atoms with van der Waals surface area (Å²) in [6, 6.07) is 5.58. The normalized spacial score (nSPS) is 12.1. The molecule has 0 spiro atoms. The van der Waals surface area contributed by atoms with Crippen molar-refractivity contribution in [2.75, 3.05) is 51.5 Å². The molecule has 0 atom stereocenters. The summed E-state index contributed by atoms with van der Waals surface area (Å²) >= 11 is 0. The van der Waals surface area contributed by atoms with Gasteiger partial charge < -0.3 is 20.1 Å². The molecule has 8 nitrogen and oxygen atoms in total. The van der Waals surface area contributed by atoms with E-state index in [1.165, 1.54) is 10.6 Å². The molecule has 1 aromatic carbocycles. The highest BCUT2D eigenvalue weighted by Gasteiger charge is 2.13. The minimum absolute atomic E-state index is 0.454. The van der Waals surface area contributed by atoms with Gasteiger partial charge >= 0.3 is 0 Å². The molecule has 0 saturated carbocycles. The second-order valence-electron chi connectivity index (χ2n) is 5.79. The molecule has 1 rings (SSSR count). The number of nitrogens with zero attached hydrogens (tertiary/aromatic N) is 2. The minimum atomic E-state index is -3.16. The van der Waals surface area contributed by atoms with E-state index in [0.717, 1.165) is 5.69 Å². The number of anilines is 1. The Morgan fingerprint density at radius 3 is 2.52 bits per heavy atom. The summed E-state index contributed by atoms with van der Waals surface area (Å²) in [5, 5.41) is 6.41. The van der Waals surface area contributed by atoms with Crippen molar-refractivity contribution < 1.29 is 17.9 Å². The number of nitrogens with one attached hydrogen (secondary N) is 2. The van der Waals surface area contributed by atoms with E-state index in [2.05, 4.69) is 15.6 Å². The number of methoxy groups -OCH3 is 1. The molecule has 0 unspecified atom stereocenters. The summed E-state index contributed by atoms with van der Waals surface area (Å²) < 4.78 is 35.6. The molecule has 0 aliphatic heterocycles. The Morgan fingerprint density at radius 2 is 1.96 bits per heavy atom. The van der Waals surface area contributed by atoms with Gasteiger partial charge in [-0.2, -0.15) is 0 Å². The van der Waals surface area contributed by atoms with E-state index in [4.69, 9.17) is 9.47 Å². The number of sulfonamides is 1. The minimum Gasteiger partial charge on any atom is -0.493 e. The molecule has 9 heteroatoms. The van der Waals surface area contributed by atoms with Crippen LogP contribution in [0.3, 0.4) is 0 Å². The molecule has 0 fully saturated rings. The lowest BCUT2D eigenvalue weighted by molar-refractivity contribution is 0.311. The van der Waals surface area contributed by atoms with Crippen molar-refractivity contribution in [3.63, 3.8) is 0 Å². The van der Waals surface area contributed by atoms with Crippen molar-refractivity contribution >= 4 is 21.7 Å². The van der Waals surface area contributed by atoms with Gasteiger partial charge in [0.05, 0.1) is 20.0 Å². The highest BCUT2D eigenvalue weighted by atomic mass is 32.2. The van der Waals surface area contributed by atoms with E-state index in [9.17, 15) is 8.42 Å². The summed E-state index contributed by atoms with van der Waals surface area (Å²) in [6.07, 6.45) is 1.87. The van der Waals surface area contributed by atoms with Gasteiger partial charge in [-0.15, -0.1) is 0 Å². The summed E-state index contributed by atoms with van der Waals surface area (Å²) in [4.78, 5) is 4.52. The number of ether oxygens (including phenoxy) is 2. The van der Waals surface area contributed by atoms with Crippen LogP contribution in [-0.4, -0.2) is 64.8 Å². The Bertz CT molecular complexity index is 707. The fraction of sp³-hybridized carbons (Fsp3) is 0.611. The van der Waals surface area contributed by atoms with E-state index >= 15 is 0 Å². The lowest BCUT2D eigenvalue weighted by atomic mass is 10.2. The van der Waals surface area contributed by atoms with E-state index in [-0.39, 0.29) is 0 Å². The molecule has 0 aromatic heterocycles. The molecule has 27 heavy (non-hydrogen) atoms. The van der Waals surface area contributed by atoms with Crippen LogP contribution in [0.4, 0.5) is 5.69 Å². The van der Waals surface area contributed by atoms with Gasteiger partial charge in [0.15, 0.2) is 17.5 Å². The summed E-state index contributed by atoms with van der Waals surface area (Å²) in [6.45, 7) is 8.42. The van der Waals surface area contributed by atoms with Crippen LogP contribution in [0.5, 0.6) is 11.5 Å². The first kappa shape index (κ1) is 23.0. The molecule has 0 radical (unpaired) electrons. The third-order valence-electron chi connectivity index (χ3n) is 3.73. The molecule has 0 amide bonds. The Hall–Kier alpha value is -2.00. The van der Waals surface area contributed by atoms with Gasteiger partial charge in [0.25, 0.3) is 0 Å². The highest BCUT2D eigenvalue weighted by Crippen LogP contribution is 2.30. The van der Waals surface area contributed by atoms with Crippen LogP contribution in [0.25, 0.3) is 0 Å². The second-order valence-corrected chi connectivity index (χ2v) is 7.77. The third kappa shape index (κ3) is 8.04. The maximum atomic E-state index is 11.6. The van der Waals surface area contributed by atoms with Crippen molar-refractivity contribution in [3.05, 3.63) is 18.2 Å². The van der Waals surface area contributed by atoms with Crippen LogP contribution in [0, 0.1) is 0 Å². The van der Waals surface area contributed by atoms with Crippen molar-refractivity contribution in [2.24, 2.45) is 4.99 Å². The fourth-order valence-corrected chi connectivity index (χ4v) is 3.39. The zero-order valence-electron chi connectivity index (χ0n) is 16.9. The molecular formula is C18H32N4O4S. The molecule has 0 aliphatic rings. The van der Waals surface area contributed by atoms with Gasteiger partial charge in [-0.25, -0.2) is 12.7 Å². The zero-order chi connectivity index (χ0) is 20.3. The second kappa shape index (κ2) is 11.7. The standard InChI is InChI=1S/C18H32N4O4S/c1-6-19-18(20-12-9-13-22(7-2)27(5,23)24)21-15-10-11-16(25-4)17(14-15)26-8-3/h10-11,14H,6-9,12-13H2,1-5H3,(H2,19,20,21). The Morgan fingerprint density at radius 1 is 1.22 bits per heavy atom. The van der Waals surface area contributed by atoms with Crippen LogP contribution in [0.1, 0.15) is 27.2 Å². The predicted molar refractivity (Wildman–Crippen MR) is 110 cm³/mol. The number of benzene rings is 1. The van der Waals surface area contributed by atoms with Crippen LogP contribution in [0.15, 0.2) is 23.2 Å². The molecule has 154 valence electrons. The van der Waals surface area contributed by atoms with Crippen molar-refractivity contribution in [1.29, 1.82) is 0 Å². The molecule has 0 bridgehead atoms. The predicted octanol–water partition coefficient (Wildman–Crippen LogP) is 2.14. The molecule has 1 aromatic rings. The molecular weight excluding hydrogens is 368 g/mol. The summed E-state index contributed by atoms with van der Waals surface area (Å²) in [7, 11) is -1.56. The summed E-state index contributed by atoms with van der Waals surface area (Å²) in [5.41, 5.74) is 0.824. The van der Waals surface area contributed by atoms with Crippen LogP contribution < -0.4 is 20.1 Å². The maximum Gasteiger partial charge on any atom is 0.211 e. The third-order valence-corrected chi connectivity index (χ3v) is 5.11. The smallest absolute Gasteiger partial charge is 0.211 e. The quantitative estimate of drug-likeness (QED) is 0.336. The van der Waals surface area contributed by atoms with Crippen molar-refractivity contribution in [2.45, 2.75) is 27.2 Å². The van der Waals surface area contributed by atoms with Crippen LogP contribution >= 0.6 is 0 Å². The maximum absolute atomic E-state index is 11.6. The van der Waals surface area contributed by atoms with Crippen molar-refractivity contribution in [3.8, 4) is 11.5 Å². The number of hydrogen-bond donors (Lipinski definition) is 2. The average molecular weight is 401 g/mol. The first-order valence-corrected chi connectivity index (χ1v) is 11.0. The van der Waals surface area contributed by atoms with Gasteiger partial charge in [-0.1, -0.05) is 6.92 Å². The number of rotatable bonds is 11. The lowest BCUT2D eigenvalue weighted by Gasteiger charge is -2.17. The fourth-order valence-electron chi connectivity index (χ4n) is 2.46. The van der Waals surface area contributed by atoms with Gasteiger partial charge in [-0.05, 0) is 32.4 Å². The lowest BCUT2D eigenvalue weighted by Crippen LogP contribution is -2.32. The van der Waals surface area contributed by atoms with E-state index in [1.54, 1.807) is 7.11 Å². The van der Waals surface area contributed by atoms with Crippen LogP contribution in [-0.2, 0) is 10.0 Å². The number of hydrogen-bond acceptors (Lipinski definition) is 5. The number of aliphatic imine (C=N–C) groups is 1. The van der Waals surface area contributed by atoms with E-state index in [1.807, 2.05) is 39.0 Å². The first-order valence-electron chi connectivity index (χ1n) is 9.16. The van der Waals surface area contributed by atoms with E-state index in [0.29, 0.717) is 56.7 Å². The zero-order valence-corrected chi connectivity index (χ0v) is 17.7. The van der Waals surface area contributed by atoms with E-state index < -0.39 is 10.0 Å². The Kier molecular flexibility index (Phi) is 9.95. The monoisotopic (exact) mass is 400 g/mol. The average Bonchev–Trinajstić information content (AvgIpc) is 2.61. The largest absolute Gasteiger partial charge is 0.493 e. The Labute approximate surface area is 163 Å². The first-order chi connectivity index (χ1) is 12.8. The summed E-state index contributed by atoms with van der Waals surface area (Å²) in [5.74, 6) is 1.96. The van der Waals surface area contributed by atoms with Gasteiger partial charge in [-0.3, -0.25) is 4.99 Å². The van der Waals surface area contributed by atoms with Gasteiger partial charge in [0.1, 0.15) is 0 Å². The van der Waals surface area contributed by atoms with Crippen LogP contribution in [0.2, 0.25) is 0 Å². The molecule has 0 saturated heterocycles.